The van der Waals surface area contributed by atoms with Crippen LogP contribution in [0.4, 0.5) is 19.0 Å². The van der Waals surface area contributed by atoms with E-state index in [9.17, 15) is 13.2 Å². The van der Waals surface area contributed by atoms with E-state index < -0.39 is 12.1 Å². The summed E-state index contributed by atoms with van der Waals surface area (Å²) in [5.74, 6) is -0.832. The molecule has 1 rings (SSSR count). The molecule has 0 unspecified atom stereocenters. The molecule has 1 aromatic rings. The van der Waals surface area contributed by atoms with Gasteiger partial charge in [0, 0.05) is 6.20 Å². The van der Waals surface area contributed by atoms with Crippen molar-refractivity contribution in [2.75, 3.05) is 5.73 Å². The molecule has 0 aliphatic carbocycles. The number of nitrogens with two attached hydrogens (primary N) is 1. The maximum Gasteiger partial charge on any atom is 0.573 e. The molecule has 0 saturated carbocycles. The number of hydrogen-bond donors (Lipinski definition) is 1. The van der Waals surface area contributed by atoms with Gasteiger partial charge in [-0.25, -0.2) is 4.98 Å². The Bertz CT molecular complexity index is 295. The number of hydrogen-bond acceptors (Lipinski definition) is 3. The normalized spacial score (nSPS) is 11.4. The standard InChI is InChI=1S/C6H4BrF3N2O/c7-3-1-2-12-5(11)4(3)13-6(8,9)10/h1-2H,(H2,11,12). The molecule has 2 N–H and O–H groups in total. The van der Waals surface area contributed by atoms with Gasteiger partial charge in [0.15, 0.2) is 11.6 Å². The van der Waals surface area contributed by atoms with E-state index >= 15 is 0 Å². The molecule has 0 aliphatic rings. The zero-order valence-corrected chi connectivity index (χ0v) is 7.69. The lowest BCUT2D eigenvalue weighted by Crippen LogP contribution is -2.18. The second-order valence-electron chi connectivity index (χ2n) is 2.05. The fraction of sp³-hybridized carbons (Fsp3) is 0.167. The summed E-state index contributed by atoms with van der Waals surface area (Å²) in [7, 11) is 0. The largest absolute Gasteiger partial charge is 0.573 e. The van der Waals surface area contributed by atoms with Gasteiger partial charge < -0.3 is 10.5 Å². The number of ether oxygens (including phenoxy) is 1. The van der Waals surface area contributed by atoms with Crippen LogP contribution in [0.15, 0.2) is 16.7 Å². The summed E-state index contributed by atoms with van der Waals surface area (Å²) in [5, 5.41) is 0. The van der Waals surface area contributed by atoms with Crippen molar-refractivity contribution in [3.63, 3.8) is 0 Å². The van der Waals surface area contributed by atoms with Crippen LogP contribution >= 0.6 is 15.9 Å². The molecule has 72 valence electrons. The van der Waals surface area contributed by atoms with Gasteiger partial charge in [0.2, 0.25) is 0 Å². The number of aromatic nitrogens is 1. The fourth-order valence-corrected chi connectivity index (χ4v) is 1.06. The highest BCUT2D eigenvalue weighted by Crippen LogP contribution is 2.33. The van der Waals surface area contributed by atoms with Gasteiger partial charge in [-0.3, -0.25) is 0 Å². The summed E-state index contributed by atoms with van der Waals surface area (Å²) in [6, 6.07) is 1.30. The minimum atomic E-state index is -4.76. The molecule has 1 aromatic heterocycles. The van der Waals surface area contributed by atoms with E-state index in [2.05, 4.69) is 25.7 Å². The molecular formula is C6H4BrF3N2O. The van der Waals surface area contributed by atoms with Gasteiger partial charge in [-0.05, 0) is 22.0 Å². The van der Waals surface area contributed by atoms with Crippen molar-refractivity contribution >= 4 is 21.7 Å². The van der Waals surface area contributed by atoms with Crippen molar-refractivity contribution in [3.05, 3.63) is 16.7 Å². The average Bonchev–Trinajstić information content (AvgIpc) is 1.95. The maximum atomic E-state index is 11.8. The average molecular weight is 257 g/mol. The van der Waals surface area contributed by atoms with E-state index in [1.165, 1.54) is 12.3 Å². The number of halogens is 4. The second kappa shape index (κ2) is 3.41. The van der Waals surface area contributed by atoms with Crippen molar-refractivity contribution in [1.82, 2.24) is 4.98 Å². The first-order chi connectivity index (χ1) is 5.90. The molecule has 0 aliphatic heterocycles. The van der Waals surface area contributed by atoms with Gasteiger partial charge in [0.05, 0.1) is 4.47 Å². The van der Waals surface area contributed by atoms with E-state index in [1.807, 2.05) is 0 Å². The molecule has 0 bridgehead atoms. The Morgan fingerprint density at radius 1 is 1.46 bits per heavy atom. The first kappa shape index (κ1) is 10.1. The van der Waals surface area contributed by atoms with Crippen molar-refractivity contribution in [1.29, 1.82) is 0 Å². The van der Waals surface area contributed by atoms with Gasteiger partial charge in [-0.2, -0.15) is 0 Å². The Labute approximate surface area is 79.8 Å². The number of pyridine rings is 1. The van der Waals surface area contributed by atoms with Crippen molar-refractivity contribution in [3.8, 4) is 5.75 Å². The summed E-state index contributed by atoms with van der Waals surface area (Å²) < 4.78 is 39.1. The van der Waals surface area contributed by atoms with Gasteiger partial charge in [-0.1, -0.05) is 0 Å². The molecule has 0 spiro atoms. The third-order valence-corrected chi connectivity index (χ3v) is 1.73. The predicted octanol–water partition coefficient (Wildman–Crippen LogP) is 2.32. The second-order valence-corrected chi connectivity index (χ2v) is 2.91. The Hall–Kier alpha value is -0.980. The molecule has 13 heavy (non-hydrogen) atoms. The van der Waals surface area contributed by atoms with Crippen LogP contribution in [0.2, 0.25) is 0 Å². The van der Waals surface area contributed by atoms with E-state index in [0.29, 0.717) is 0 Å². The van der Waals surface area contributed by atoms with Crippen LogP contribution < -0.4 is 10.5 Å². The maximum absolute atomic E-state index is 11.8. The molecule has 1 heterocycles. The van der Waals surface area contributed by atoms with Crippen LogP contribution in [0, 0.1) is 0 Å². The molecular weight excluding hydrogens is 253 g/mol. The Balaban J connectivity index is 3.00. The first-order valence-corrected chi connectivity index (χ1v) is 3.85. The Kier molecular flexibility index (Phi) is 2.65. The van der Waals surface area contributed by atoms with Crippen LogP contribution in [0.25, 0.3) is 0 Å². The number of rotatable bonds is 1. The zero-order chi connectivity index (χ0) is 10.1. The lowest BCUT2D eigenvalue weighted by Gasteiger charge is -2.11. The molecule has 3 nitrogen and oxygen atoms in total. The Morgan fingerprint density at radius 2 is 2.08 bits per heavy atom. The lowest BCUT2D eigenvalue weighted by molar-refractivity contribution is -0.274. The lowest BCUT2D eigenvalue weighted by atomic mass is 10.4. The summed E-state index contributed by atoms with van der Waals surface area (Å²) in [5.41, 5.74) is 5.16. The molecule has 0 fully saturated rings. The smallest absolute Gasteiger partial charge is 0.401 e. The third kappa shape index (κ3) is 2.76. The molecule has 0 radical (unpaired) electrons. The molecule has 0 saturated heterocycles. The predicted molar refractivity (Wildman–Crippen MR) is 43.0 cm³/mol. The van der Waals surface area contributed by atoms with Gasteiger partial charge in [-0.15, -0.1) is 13.2 Å². The van der Waals surface area contributed by atoms with Gasteiger partial charge >= 0.3 is 6.36 Å². The van der Waals surface area contributed by atoms with E-state index in [0.717, 1.165) is 0 Å². The van der Waals surface area contributed by atoms with Crippen LogP contribution in [-0.4, -0.2) is 11.3 Å². The third-order valence-electron chi connectivity index (χ3n) is 1.10. The summed E-state index contributed by atoms with van der Waals surface area (Å²) >= 11 is 2.85. The van der Waals surface area contributed by atoms with Crippen molar-refractivity contribution in [2.45, 2.75) is 6.36 Å². The van der Waals surface area contributed by atoms with Crippen LogP contribution in [0.5, 0.6) is 5.75 Å². The number of anilines is 1. The van der Waals surface area contributed by atoms with Gasteiger partial charge in [0.25, 0.3) is 0 Å². The minimum absolute atomic E-state index is 0.109. The SMILES string of the molecule is Nc1nccc(Br)c1OC(F)(F)F. The van der Waals surface area contributed by atoms with Crippen molar-refractivity contribution in [2.24, 2.45) is 0 Å². The topological polar surface area (TPSA) is 48.1 Å². The summed E-state index contributed by atoms with van der Waals surface area (Å²) in [6.07, 6.45) is -3.50. The fourth-order valence-electron chi connectivity index (χ4n) is 0.656. The highest BCUT2D eigenvalue weighted by atomic mass is 79.9. The van der Waals surface area contributed by atoms with Crippen LogP contribution in [0.3, 0.4) is 0 Å². The van der Waals surface area contributed by atoms with E-state index in [1.54, 1.807) is 0 Å². The highest BCUT2D eigenvalue weighted by Gasteiger charge is 2.33. The molecule has 0 aromatic carbocycles. The van der Waals surface area contributed by atoms with E-state index in [-0.39, 0.29) is 10.3 Å². The molecule has 0 atom stereocenters. The number of nitrogens with zero attached hydrogens (tertiary/aromatic N) is 1. The number of nitrogen functional groups attached to an aromatic ring is 1. The Morgan fingerprint density at radius 3 is 2.54 bits per heavy atom. The summed E-state index contributed by atoms with van der Waals surface area (Å²) in [6.45, 7) is 0. The minimum Gasteiger partial charge on any atom is -0.401 e. The zero-order valence-electron chi connectivity index (χ0n) is 6.10. The van der Waals surface area contributed by atoms with E-state index in [4.69, 9.17) is 5.73 Å². The van der Waals surface area contributed by atoms with Crippen molar-refractivity contribution < 1.29 is 17.9 Å². The van der Waals surface area contributed by atoms with Crippen LogP contribution in [0.1, 0.15) is 0 Å². The molecule has 0 amide bonds. The van der Waals surface area contributed by atoms with Crippen LogP contribution in [-0.2, 0) is 0 Å². The highest BCUT2D eigenvalue weighted by molar-refractivity contribution is 9.10. The number of alkyl halides is 3. The monoisotopic (exact) mass is 256 g/mol. The first-order valence-electron chi connectivity index (χ1n) is 3.06. The summed E-state index contributed by atoms with van der Waals surface area (Å²) in [4.78, 5) is 3.45. The molecule has 7 heteroatoms. The quantitative estimate of drug-likeness (QED) is 0.839. The van der Waals surface area contributed by atoms with Gasteiger partial charge in [0.1, 0.15) is 0 Å².